The van der Waals surface area contributed by atoms with E-state index in [1.165, 1.54) is 18.0 Å². The molecule has 0 unspecified atom stereocenters. The van der Waals surface area contributed by atoms with Gasteiger partial charge in [-0.2, -0.15) is 0 Å². The van der Waals surface area contributed by atoms with Crippen molar-refractivity contribution in [2.45, 2.75) is 37.6 Å². The molecule has 0 saturated carbocycles. The number of carboxylic acids is 1. The molecule has 2 rings (SSSR count). The Bertz CT molecular complexity index is 473. The van der Waals surface area contributed by atoms with E-state index in [2.05, 4.69) is 15.6 Å². The summed E-state index contributed by atoms with van der Waals surface area (Å²) in [6.45, 7) is 3.64. The molecule has 2 heterocycles. The van der Waals surface area contributed by atoms with E-state index in [0.717, 1.165) is 0 Å². The van der Waals surface area contributed by atoms with E-state index in [4.69, 9.17) is 9.84 Å². The molecule has 0 aromatic carbocycles. The van der Waals surface area contributed by atoms with Crippen LogP contribution < -0.4 is 5.32 Å². The van der Waals surface area contributed by atoms with Gasteiger partial charge in [0.25, 0.3) is 0 Å². The van der Waals surface area contributed by atoms with Crippen LogP contribution in [0, 0.1) is 0 Å². The number of aliphatic hydroxyl groups is 1. The van der Waals surface area contributed by atoms with Crippen molar-refractivity contribution in [1.82, 2.24) is 20.3 Å². The smallest absolute Gasteiger partial charge is 0.323 e. The number of hydrogen-bond donors (Lipinski definition) is 3. The summed E-state index contributed by atoms with van der Waals surface area (Å²) in [6, 6.07) is -1.12. The summed E-state index contributed by atoms with van der Waals surface area (Å²) in [7, 11) is 1.46. The van der Waals surface area contributed by atoms with Crippen LogP contribution in [-0.4, -0.2) is 57.0 Å². The van der Waals surface area contributed by atoms with Gasteiger partial charge in [-0.25, -0.2) is 4.68 Å². The van der Waals surface area contributed by atoms with Gasteiger partial charge in [0.2, 0.25) is 0 Å². The third kappa shape index (κ3) is 2.93. The van der Waals surface area contributed by atoms with Crippen molar-refractivity contribution in [3.05, 3.63) is 11.9 Å². The van der Waals surface area contributed by atoms with Crippen LogP contribution in [0.5, 0.6) is 0 Å². The Morgan fingerprint density at radius 2 is 2.25 bits per heavy atom. The van der Waals surface area contributed by atoms with Crippen LogP contribution in [0.2, 0.25) is 0 Å². The molecule has 0 amide bonds. The van der Waals surface area contributed by atoms with Crippen molar-refractivity contribution in [3.63, 3.8) is 0 Å². The van der Waals surface area contributed by atoms with E-state index in [0.29, 0.717) is 12.2 Å². The number of aliphatic carboxylic acids is 1. The van der Waals surface area contributed by atoms with Crippen LogP contribution >= 0.6 is 12.4 Å². The monoisotopic (exact) mass is 306 g/mol. The summed E-state index contributed by atoms with van der Waals surface area (Å²) in [4.78, 5) is 11.1. The molecule has 0 aliphatic carbocycles. The van der Waals surface area contributed by atoms with Crippen molar-refractivity contribution in [2.75, 3.05) is 13.7 Å². The Hall–Kier alpha value is -1.22. The van der Waals surface area contributed by atoms with Crippen LogP contribution in [0.3, 0.4) is 0 Å². The van der Waals surface area contributed by atoms with E-state index in [9.17, 15) is 9.90 Å². The lowest BCUT2D eigenvalue weighted by Gasteiger charge is -2.25. The molecule has 0 spiro atoms. The van der Waals surface area contributed by atoms with Gasteiger partial charge in [-0.3, -0.25) is 10.1 Å². The number of methoxy groups -OCH3 is 1. The van der Waals surface area contributed by atoms with Crippen LogP contribution in [-0.2, 0) is 15.1 Å². The molecular formula is C11H19ClN4O4. The molecular weight excluding hydrogens is 288 g/mol. The summed E-state index contributed by atoms with van der Waals surface area (Å²) in [5.74, 6) is -0.973. The molecule has 9 heteroatoms. The number of aromatic nitrogens is 3. The first-order valence-electron chi connectivity index (χ1n) is 5.98. The quantitative estimate of drug-likeness (QED) is 0.690. The van der Waals surface area contributed by atoms with E-state index < -0.39 is 23.7 Å². The third-order valence-corrected chi connectivity index (χ3v) is 3.31. The molecule has 3 atom stereocenters. The largest absolute Gasteiger partial charge is 0.480 e. The maximum Gasteiger partial charge on any atom is 0.323 e. The van der Waals surface area contributed by atoms with Gasteiger partial charge < -0.3 is 14.9 Å². The van der Waals surface area contributed by atoms with Crippen molar-refractivity contribution < 1.29 is 19.7 Å². The molecule has 0 bridgehead atoms. The van der Waals surface area contributed by atoms with E-state index in [-0.39, 0.29) is 18.4 Å². The highest BCUT2D eigenvalue weighted by Gasteiger charge is 2.43. The maximum absolute atomic E-state index is 11.1. The highest BCUT2D eigenvalue weighted by Crippen LogP contribution is 2.27. The zero-order valence-corrected chi connectivity index (χ0v) is 12.3. The second-order valence-electron chi connectivity index (χ2n) is 5.11. The Kier molecular flexibility index (Phi) is 5.09. The molecule has 1 fully saturated rings. The first kappa shape index (κ1) is 16.8. The first-order valence-corrected chi connectivity index (χ1v) is 5.98. The topological polar surface area (TPSA) is 110 Å². The average Bonchev–Trinajstić information content (AvgIpc) is 2.93. The lowest BCUT2D eigenvalue weighted by molar-refractivity contribution is -0.142. The predicted molar refractivity (Wildman–Crippen MR) is 71.8 cm³/mol. The van der Waals surface area contributed by atoms with Crippen LogP contribution in [0.15, 0.2) is 6.20 Å². The number of carboxylic acid groups (broad SMARTS) is 1. The number of nitrogens with zero attached hydrogens (tertiary/aromatic N) is 3. The van der Waals surface area contributed by atoms with Crippen LogP contribution in [0.1, 0.15) is 25.6 Å². The Morgan fingerprint density at radius 1 is 1.60 bits per heavy atom. The zero-order chi connectivity index (χ0) is 14.2. The zero-order valence-electron chi connectivity index (χ0n) is 11.5. The first-order chi connectivity index (χ1) is 8.86. The van der Waals surface area contributed by atoms with Gasteiger partial charge in [-0.05, 0) is 13.8 Å². The number of hydrogen-bond acceptors (Lipinski definition) is 6. The van der Waals surface area contributed by atoms with Gasteiger partial charge in [0.05, 0.1) is 17.9 Å². The SMILES string of the molecule is CO[C@@H]1[C@@H](C(=O)O)NC[C@H]1n1nncc1C(C)(C)O.Cl. The van der Waals surface area contributed by atoms with E-state index >= 15 is 0 Å². The molecule has 1 aliphatic heterocycles. The van der Waals surface area contributed by atoms with Crippen molar-refractivity contribution >= 4 is 18.4 Å². The van der Waals surface area contributed by atoms with Gasteiger partial charge in [0, 0.05) is 13.7 Å². The summed E-state index contributed by atoms with van der Waals surface area (Å²) < 4.78 is 6.81. The number of ether oxygens (including phenoxy) is 1. The minimum Gasteiger partial charge on any atom is -0.480 e. The molecule has 1 aliphatic rings. The minimum absolute atomic E-state index is 0. The van der Waals surface area contributed by atoms with Crippen molar-refractivity contribution in [2.24, 2.45) is 0 Å². The number of nitrogens with one attached hydrogen (secondary N) is 1. The van der Waals surface area contributed by atoms with Crippen molar-refractivity contribution in [1.29, 1.82) is 0 Å². The normalized spacial score (nSPS) is 26.3. The van der Waals surface area contributed by atoms with Gasteiger partial charge >= 0.3 is 5.97 Å². The summed E-state index contributed by atoms with van der Waals surface area (Å²) >= 11 is 0. The molecule has 3 N–H and O–H groups in total. The van der Waals surface area contributed by atoms with E-state index in [1.807, 2.05) is 0 Å². The highest BCUT2D eigenvalue weighted by atomic mass is 35.5. The number of rotatable bonds is 4. The summed E-state index contributed by atoms with van der Waals surface area (Å²) in [5.41, 5.74) is -0.587. The molecule has 1 aromatic heterocycles. The average molecular weight is 307 g/mol. The standard InChI is InChI=1S/C11H18N4O4.ClH/c1-11(2,18)7-5-13-14-15(7)6-4-12-8(10(16)17)9(6)19-3;/h5-6,8-9,12,18H,4H2,1-3H3,(H,16,17);1H/t6-,8+,9+;/m1./s1. The fourth-order valence-electron chi connectivity index (χ4n) is 2.38. The Balaban J connectivity index is 0.00000200. The third-order valence-electron chi connectivity index (χ3n) is 3.31. The molecule has 114 valence electrons. The lowest BCUT2D eigenvalue weighted by Crippen LogP contribution is -2.41. The van der Waals surface area contributed by atoms with E-state index in [1.54, 1.807) is 13.8 Å². The molecule has 1 saturated heterocycles. The van der Waals surface area contributed by atoms with Gasteiger partial charge in [0.1, 0.15) is 17.7 Å². The maximum atomic E-state index is 11.1. The highest BCUT2D eigenvalue weighted by molar-refractivity contribution is 5.85. The summed E-state index contributed by atoms with van der Waals surface area (Å²) in [6.07, 6.45) is 0.904. The Labute approximate surface area is 122 Å². The van der Waals surface area contributed by atoms with Crippen LogP contribution in [0.25, 0.3) is 0 Å². The fraction of sp³-hybridized carbons (Fsp3) is 0.727. The van der Waals surface area contributed by atoms with Gasteiger partial charge in [-0.1, -0.05) is 5.21 Å². The van der Waals surface area contributed by atoms with Gasteiger partial charge in [-0.15, -0.1) is 17.5 Å². The van der Waals surface area contributed by atoms with Crippen LogP contribution in [0.4, 0.5) is 0 Å². The molecule has 0 radical (unpaired) electrons. The van der Waals surface area contributed by atoms with Gasteiger partial charge in [0.15, 0.2) is 0 Å². The predicted octanol–water partition coefficient (Wildman–Crippen LogP) is -0.460. The number of halogens is 1. The lowest BCUT2D eigenvalue weighted by atomic mass is 10.0. The molecule has 1 aromatic rings. The Morgan fingerprint density at radius 3 is 2.75 bits per heavy atom. The molecule has 8 nitrogen and oxygen atoms in total. The minimum atomic E-state index is -1.11. The molecule has 20 heavy (non-hydrogen) atoms. The number of carbonyl (C=O) groups is 1. The van der Waals surface area contributed by atoms with Crippen molar-refractivity contribution in [3.8, 4) is 0 Å². The second-order valence-corrected chi connectivity index (χ2v) is 5.11. The summed E-state index contributed by atoms with van der Waals surface area (Å²) in [5, 5.41) is 29.8. The second kappa shape index (κ2) is 6.04. The fourth-order valence-corrected chi connectivity index (χ4v) is 2.38.